The molecule has 3 nitrogen and oxygen atoms in total. The summed E-state index contributed by atoms with van der Waals surface area (Å²) in [6.45, 7) is 6.12. The average Bonchev–Trinajstić information content (AvgIpc) is 2.85. The minimum atomic E-state index is 0.282. The zero-order valence-electron chi connectivity index (χ0n) is 11.4. The fourth-order valence-corrected chi connectivity index (χ4v) is 2.19. The maximum absolute atomic E-state index is 5.90. The molecule has 0 aliphatic heterocycles. The fraction of sp³-hybridized carbons (Fsp3) is 0.400. The van der Waals surface area contributed by atoms with E-state index in [-0.39, 0.29) is 6.04 Å². The topological polar surface area (TPSA) is 29.9 Å². The highest BCUT2D eigenvalue weighted by Crippen LogP contribution is 2.16. The largest absolute Gasteiger partial charge is 0.334 e. The summed E-state index contributed by atoms with van der Waals surface area (Å²) in [5, 5.41) is 4.27. The van der Waals surface area contributed by atoms with Gasteiger partial charge in [0.15, 0.2) is 0 Å². The molecule has 19 heavy (non-hydrogen) atoms. The van der Waals surface area contributed by atoms with Crippen LogP contribution in [0, 0.1) is 0 Å². The van der Waals surface area contributed by atoms with E-state index in [0.717, 1.165) is 30.4 Å². The lowest BCUT2D eigenvalue weighted by Crippen LogP contribution is -2.20. The van der Waals surface area contributed by atoms with Crippen LogP contribution in [-0.4, -0.2) is 9.55 Å². The summed E-state index contributed by atoms with van der Waals surface area (Å²) in [5.41, 5.74) is 1.23. The number of benzene rings is 1. The smallest absolute Gasteiger partial charge is 0.122 e. The highest BCUT2D eigenvalue weighted by Gasteiger charge is 2.07. The number of hydrogen-bond acceptors (Lipinski definition) is 2. The van der Waals surface area contributed by atoms with Gasteiger partial charge in [-0.25, -0.2) is 4.98 Å². The first kappa shape index (κ1) is 14.1. The Morgan fingerprint density at radius 1 is 1.32 bits per heavy atom. The second kappa shape index (κ2) is 6.73. The van der Waals surface area contributed by atoms with Gasteiger partial charge >= 0.3 is 0 Å². The molecular weight excluding hydrogens is 258 g/mol. The van der Waals surface area contributed by atoms with Crippen molar-refractivity contribution in [2.24, 2.45) is 0 Å². The van der Waals surface area contributed by atoms with E-state index in [4.69, 9.17) is 11.6 Å². The average molecular weight is 278 g/mol. The van der Waals surface area contributed by atoms with Gasteiger partial charge in [0.1, 0.15) is 5.82 Å². The number of aryl methyl sites for hydroxylation is 1. The fourth-order valence-electron chi connectivity index (χ4n) is 2.07. The Hall–Kier alpha value is -1.32. The van der Waals surface area contributed by atoms with Gasteiger partial charge in [-0.1, -0.05) is 30.7 Å². The van der Waals surface area contributed by atoms with Gasteiger partial charge in [-0.15, -0.1) is 0 Å². The molecule has 0 spiro atoms. The Balaban J connectivity index is 1.94. The minimum Gasteiger partial charge on any atom is -0.334 e. The molecule has 0 aliphatic rings. The molecule has 1 atom stereocenters. The molecule has 1 aromatic heterocycles. The van der Waals surface area contributed by atoms with Gasteiger partial charge in [0, 0.05) is 30.0 Å². The van der Waals surface area contributed by atoms with Crippen LogP contribution in [0.4, 0.5) is 0 Å². The molecule has 1 aromatic carbocycles. The van der Waals surface area contributed by atoms with Gasteiger partial charge in [-0.2, -0.15) is 0 Å². The van der Waals surface area contributed by atoms with Crippen LogP contribution >= 0.6 is 11.6 Å². The van der Waals surface area contributed by atoms with Crippen molar-refractivity contribution in [1.29, 1.82) is 0 Å². The van der Waals surface area contributed by atoms with E-state index in [9.17, 15) is 0 Å². The zero-order chi connectivity index (χ0) is 13.7. The normalized spacial score (nSPS) is 12.6. The van der Waals surface area contributed by atoms with E-state index < -0.39 is 0 Å². The Morgan fingerprint density at radius 2 is 2.05 bits per heavy atom. The quantitative estimate of drug-likeness (QED) is 0.870. The molecule has 0 amide bonds. The van der Waals surface area contributed by atoms with Crippen molar-refractivity contribution < 1.29 is 0 Å². The van der Waals surface area contributed by atoms with Crippen molar-refractivity contribution in [3.05, 3.63) is 53.1 Å². The summed E-state index contributed by atoms with van der Waals surface area (Å²) in [4.78, 5) is 4.39. The third kappa shape index (κ3) is 3.82. The van der Waals surface area contributed by atoms with E-state index in [1.165, 1.54) is 5.56 Å². The number of hydrogen-bond donors (Lipinski definition) is 1. The molecule has 102 valence electrons. The summed E-state index contributed by atoms with van der Waals surface area (Å²) in [6, 6.07) is 8.24. The predicted octanol–water partition coefficient (Wildman–Crippen LogP) is 3.80. The lowest BCUT2D eigenvalue weighted by Gasteiger charge is -2.15. The summed E-state index contributed by atoms with van der Waals surface area (Å²) in [6.07, 6.45) is 5.02. The summed E-state index contributed by atoms with van der Waals surface area (Å²) in [5.74, 6) is 1.09. The first-order chi connectivity index (χ1) is 9.20. The van der Waals surface area contributed by atoms with Crippen LogP contribution in [0.15, 0.2) is 36.7 Å². The van der Waals surface area contributed by atoms with Gasteiger partial charge in [-0.3, -0.25) is 0 Å². The van der Waals surface area contributed by atoms with Crippen molar-refractivity contribution in [3.63, 3.8) is 0 Å². The molecule has 0 bridgehead atoms. The van der Waals surface area contributed by atoms with E-state index in [2.05, 4.69) is 40.8 Å². The molecule has 0 fully saturated rings. The van der Waals surface area contributed by atoms with Crippen LogP contribution in [0.3, 0.4) is 0 Å². The molecule has 4 heteroatoms. The Kier molecular flexibility index (Phi) is 5.00. The number of imidazole rings is 1. The Labute approximate surface area is 119 Å². The molecule has 0 saturated carbocycles. The van der Waals surface area contributed by atoms with Gasteiger partial charge in [-0.05, 0) is 31.0 Å². The Morgan fingerprint density at radius 3 is 2.74 bits per heavy atom. The van der Waals surface area contributed by atoms with Crippen molar-refractivity contribution in [2.75, 3.05) is 0 Å². The van der Waals surface area contributed by atoms with E-state index >= 15 is 0 Å². The number of aromatic nitrogens is 2. The molecule has 0 unspecified atom stereocenters. The second-order valence-electron chi connectivity index (χ2n) is 4.69. The monoisotopic (exact) mass is 277 g/mol. The van der Waals surface area contributed by atoms with Crippen LogP contribution in [-0.2, 0) is 13.1 Å². The van der Waals surface area contributed by atoms with Crippen LogP contribution in [0.25, 0.3) is 0 Å². The maximum atomic E-state index is 5.90. The summed E-state index contributed by atoms with van der Waals surface area (Å²) < 4.78 is 2.20. The first-order valence-corrected chi connectivity index (χ1v) is 7.07. The summed E-state index contributed by atoms with van der Waals surface area (Å²) in [7, 11) is 0. The number of nitrogens with one attached hydrogen (secondary N) is 1. The van der Waals surface area contributed by atoms with Crippen LogP contribution < -0.4 is 5.32 Å². The summed E-state index contributed by atoms with van der Waals surface area (Å²) >= 11 is 5.90. The predicted molar refractivity (Wildman–Crippen MR) is 79.2 cm³/mol. The van der Waals surface area contributed by atoms with E-state index in [0.29, 0.717) is 0 Å². The van der Waals surface area contributed by atoms with Crippen molar-refractivity contribution in [1.82, 2.24) is 14.9 Å². The van der Waals surface area contributed by atoms with Crippen LogP contribution in [0.1, 0.15) is 37.7 Å². The van der Waals surface area contributed by atoms with Gasteiger partial charge in [0.25, 0.3) is 0 Å². The lowest BCUT2D eigenvalue weighted by molar-refractivity contribution is 0.532. The highest BCUT2D eigenvalue weighted by molar-refractivity contribution is 6.30. The van der Waals surface area contributed by atoms with Gasteiger partial charge in [0.2, 0.25) is 0 Å². The zero-order valence-corrected chi connectivity index (χ0v) is 12.2. The minimum absolute atomic E-state index is 0.282. The van der Waals surface area contributed by atoms with E-state index in [1.54, 1.807) is 0 Å². The van der Waals surface area contributed by atoms with Crippen LogP contribution in [0.5, 0.6) is 0 Å². The van der Waals surface area contributed by atoms with E-state index in [1.807, 2.05) is 24.5 Å². The Bertz CT molecular complexity index is 504. The van der Waals surface area contributed by atoms with Gasteiger partial charge in [0.05, 0.1) is 6.54 Å². The number of nitrogens with zero attached hydrogens (tertiary/aromatic N) is 2. The SMILES string of the molecule is CCCn1ccnc1CN[C@H](C)c1ccc(Cl)cc1. The van der Waals surface area contributed by atoms with Crippen molar-refractivity contribution >= 4 is 11.6 Å². The van der Waals surface area contributed by atoms with Gasteiger partial charge < -0.3 is 9.88 Å². The molecule has 0 aliphatic carbocycles. The molecule has 1 heterocycles. The molecule has 2 aromatic rings. The van der Waals surface area contributed by atoms with Crippen molar-refractivity contribution in [2.45, 2.75) is 39.4 Å². The molecular formula is C15H20ClN3. The maximum Gasteiger partial charge on any atom is 0.122 e. The number of halogens is 1. The first-order valence-electron chi connectivity index (χ1n) is 6.69. The second-order valence-corrected chi connectivity index (χ2v) is 5.13. The number of rotatable bonds is 6. The highest BCUT2D eigenvalue weighted by atomic mass is 35.5. The third-order valence-corrected chi connectivity index (χ3v) is 3.45. The lowest BCUT2D eigenvalue weighted by atomic mass is 10.1. The molecule has 0 radical (unpaired) electrons. The molecule has 1 N–H and O–H groups in total. The third-order valence-electron chi connectivity index (χ3n) is 3.20. The molecule has 0 saturated heterocycles. The standard InChI is InChI=1S/C15H20ClN3/c1-3-9-19-10-8-17-15(19)11-18-12(2)13-4-6-14(16)7-5-13/h4-8,10,12,18H,3,9,11H2,1-2H3/t12-/m1/s1. The van der Waals surface area contributed by atoms with Crippen molar-refractivity contribution in [3.8, 4) is 0 Å². The van der Waals surface area contributed by atoms with Crippen LogP contribution in [0.2, 0.25) is 5.02 Å². The molecule has 2 rings (SSSR count).